The second kappa shape index (κ2) is 5.36. The summed E-state index contributed by atoms with van der Waals surface area (Å²) in [7, 11) is 0. The first-order chi connectivity index (χ1) is 9.40. The minimum Gasteiger partial charge on any atom is -0.206 e. The maximum Gasteiger partial charge on any atom is 0.200 e. The summed E-state index contributed by atoms with van der Waals surface area (Å²) in [5.74, 6) is -12.3. The Labute approximate surface area is 114 Å². The van der Waals surface area contributed by atoms with Crippen LogP contribution in [0.25, 0.3) is 11.1 Å². The summed E-state index contributed by atoms with van der Waals surface area (Å²) in [6, 6.07) is 3.27. The van der Waals surface area contributed by atoms with Crippen LogP contribution < -0.4 is 0 Å². The minimum absolute atomic E-state index is 0.0881. The van der Waals surface area contributed by atoms with E-state index >= 15 is 0 Å². The molecule has 0 amide bonds. The van der Waals surface area contributed by atoms with Crippen LogP contribution in [0.2, 0.25) is 0 Å². The molecule has 20 heavy (non-hydrogen) atoms. The summed E-state index contributed by atoms with van der Waals surface area (Å²) in [5, 5.41) is 0. The van der Waals surface area contributed by atoms with Crippen molar-refractivity contribution in [2.45, 2.75) is 5.88 Å². The molecule has 0 spiro atoms. The van der Waals surface area contributed by atoms with Gasteiger partial charge in [-0.2, -0.15) is 0 Å². The van der Waals surface area contributed by atoms with E-state index in [1.165, 1.54) is 12.1 Å². The molecule has 0 N–H and O–H groups in total. The van der Waals surface area contributed by atoms with Crippen LogP contribution in [0.3, 0.4) is 0 Å². The van der Waals surface area contributed by atoms with Crippen molar-refractivity contribution in [2.24, 2.45) is 0 Å². The maximum absolute atomic E-state index is 13.7. The lowest BCUT2D eigenvalue weighted by molar-refractivity contribution is 0.381. The maximum atomic E-state index is 13.7. The Hall–Kier alpha value is -1.69. The third kappa shape index (κ3) is 2.14. The van der Waals surface area contributed by atoms with Crippen LogP contribution >= 0.6 is 11.6 Å². The van der Waals surface area contributed by atoms with Crippen molar-refractivity contribution in [1.29, 1.82) is 0 Å². The van der Waals surface area contributed by atoms with Gasteiger partial charge in [-0.25, -0.2) is 26.3 Å². The lowest BCUT2D eigenvalue weighted by Crippen LogP contribution is -2.06. The van der Waals surface area contributed by atoms with E-state index < -0.39 is 46.0 Å². The summed E-state index contributed by atoms with van der Waals surface area (Å²) in [4.78, 5) is 0. The molecule has 0 saturated heterocycles. The van der Waals surface area contributed by atoms with Crippen LogP contribution in [-0.2, 0) is 5.88 Å². The van der Waals surface area contributed by atoms with E-state index in [1.807, 2.05) is 0 Å². The number of hydrogen-bond donors (Lipinski definition) is 0. The Balaban J connectivity index is 2.91. The second-order valence-corrected chi connectivity index (χ2v) is 4.12. The zero-order valence-corrected chi connectivity index (χ0v) is 10.3. The number of hydrogen-bond acceptors (Lipinski definition) is 0. The Kier molecular flexibility index (Phi) is 3.94. The van der Waals surface area contributed by atoms with E-state index in [4.69, 9.17) is 11.6 Å². The van der Waals surface area contributed by atoms with Crippen molar-refractivity contribution in [3.8, 4) is 11.1 Å². The van der Waals surface area contributed by atoms with Crippen molar-refractivity contribution < 1.29 is 26.3 Å². The SMILES string of the molecule is Fc1cccc(CCl)c1-c1c(F)c(F)c(F)c(F)c1F. The number of rotatable bonds is 2. The third-order valence-corrected chi connectivity index (χ3v) is 2.99. The zero-order chi connectivity index (χ0) is 15.0. The molecule has 0 atom stereocenters. The van der Waals surface area contributed by atoms with E-state index in [0.29, 0.717) is 0 Å². The van der Waals surface area contributed by atoms with E-state index in [1.54, 1.807) is 0 Å². The van der Waals surface area contributed by atoms with Gasteiger partial charge in [0.05, 0.1) is 5.56 Å². The predicted molar refractivity (Wildman–Crippen MR) is 61.2 cm³/mol. The van der Waals surface area contributed by atoms with Gasteiger partial charge in [0.1, 0.15) is 5.82 Å². The highest BCUT2D eigenvalue weighted by molar-refractivity contribution is 6.17. The topological polar surface area (TPSA) is 0 Å². The summed E-state index contributed by atoms with van der Waals surface area (Å²) in [6.07, 6.45) is 0. The molecular formula is C13H5ClF6. The molecule has 106 valence electrons. The van der Waals surface area contributed by atoms with E-state index in [9.17, 15) is 26.3 Å². The zero-order valence-electron chi connectivity index (χ0n) is 9.58. The molecule has 0 radical (unpaired) electrons. The summed E-state index contributed by atoms with van der Waals surface area (Å²) < 4.78 is 80.3. The summed E-state index contributed by atoms with van der Waals surface area (Å²) in [6.45, 7) is 0. The number of halogens is 7. The van der Waals surface area contributed by atoms with Crippen LogP contribution in [0.5, 0.6) is 0 Å². The van der Waals surface area contributed by atoms with Crippen molar-refractivity contribution in [3.05, 3.63) is 58.7 Å². The van der Waals surface area contributed by atoms with E-state index in [2.05, 4.69) is 0 Å². The molecule has 0 aliphatic carbocycles. The van der Waals surface area contributed by atoms with Gasteiger partial charge in [0.25, 0.3) is 0 Å². The molecule has 0 aliphatic heterocycles. The summed E-state index contributed by atoms with van der Waals surface area (Å²) in [5.41, 5.74) is -2.15. The van der Waals surface area contributed by atoms with Gasteiger partial charge in [-0.1, -0.05) is 12.1 Å². The quantitative estimate of drug-likeness (QED) is 0.319. The van der Waals surface area contributed by atoms with Gasteiger partial charge in [-0.05, 0) is 11.6 Å². The lowest BCUT2D eigenvalue weighted by Gasteiger charge is -2.12. The molecule has 2 aromatic rings. The van der Waals surface area contributed by atoms with Gasteiger partial charge >= 0.3 is 0 Å². The fourth-order valence-corrected chi connectivity index (χ4v) is 2.01. The number of alkyl halides is 1. The fraction of sp³-hybridized carbons (Fsp3) is 0.0769. The Morgan fingerprint density at radius 2 is 1.20 bits per heavy atom. The molecule has 2 rings (SSSR count). The second-order valence-electron chi connectivity index (χ2n) is 3.85. The first-order valence-corrected chi connectivity index (χ1v) is 5.78. The Morgan fingerprint density at radius 1 is 0.700 bits per heavy atom. The molecular weight excluding hydrogens is 306 g/mol. The average molecular weight is 311 g/mol. The van der Waals surface area contributed by atoms with Crippen LogP contribution in [0.4, 0.5) is 26.3 Å². The van der Waals surface area contributed by atoms with Crippen molar-refractivity contribution in [3.63, 3.8) is 0 Å². The van der Waals surface area contributed by atoms with Crippen LogP contribution in [0.15, 0.2) is 18.2 Å². The normalized spacial score (nSPS) is 10.9. The van der Waals surface area contributed by atoms with Crippen LogP contribution in [0.1, 0.15) is 5.56 Å². The predicted octanol–water partition coefficient (Wildman–Crippen LogP) is 4.93. The van der Waals surface area contributed by atoms with Gasteiger partial charge in [0.15, 0.2) is 23.3 Å². The highest BCUT2D eigenvalue weighted by atomic mass is 35.5. The third-order valence-electron chi connectivity index (χ3n) is 2.70. The van der Waals surface area contributed by atoms with Gasteiger partial charge in [-0.3, -0.25) is 0 Å². The number of benzene rings is 2. The molecule has 2 aromatic carbocycles. The molecule has 0 heterocycles. The lowest BCUT2D eigenvalue weighted by atomic mass is 9.98. The monoisotopic (exact) mass is 310 g/mol. The molecule has 0 nitrogen and oxygen atoms in total. The first kappa shape index (κ1) is 14.7. The van der Waals surface area contributed by atoms with E-state index in [-0.39, 0.29) is 11.4 Å². The minimum atomic E-state index is -2.30. The molecule has 0 unspecified atom stereocenters. The first-order valence-electron chi connectivity index (χ1n) is 5.25. The molecule has 0 bridgehead atoms. The Bertz CT molecular complexity index is 654. The average Bonchev–Trinajstić information content (AvgIpc) is 2.44. The molecule has 0 aromatic heterocycles. The summed E-state index contributed by atoms with van der Waals surface area (Å²) >= 11 is 5.50. The highest BCUT2D eigenvalue weighted by Crippen LogP contribution is 2.35. The van der Waals surface area contributed by atoms with Gasteiger partial charge in [0.2, 0.25) is 5.82 Å². The molecule has 0 fully saturated rings. The largest absolute Gasteiger partial charge is 0.206 e. The van der Waals surface area contributed by atoms with Crippen molar-refractivity contribution in [2.75, 3.05) is 0 Å². The standard InChI is InChI=1S/C13H5ClF6/c14-4-5-2-1-3-6(15)7(5)8-9(16)11(18)13(20)12(19)10(8)17/h1-3H,4H2. The smallest absolute Gasteiger partial charge is 0.200 e. The van der Waals surface area contributed by atoms with Crippen LogP contribution in [-0.4, -0.2) is 0 Å². The molecule has 0 saturated carbocycles. The van der Waals surface area contributed by atoms with Gasteiger partial charge < -0.3 is 0 Å². The highest BCUT2D eigenvalue weighted by Gasteiger charge is 2.29. The molecule has 7 heteroatoms. The Morgan fingerprint density at radius 3 is 1.70 bits per heavy atom. The van der Waals surface area contributed by atoms with Gasteiger partial charge in [0, 0.05) is 11.4 Å². The van der Waals surface area contributed by atoms with Crippen molar-refractivity contribution >= 4 is 11.6 Å². The van der Waals surface area contributed by atoms with E-state index in [0.717, 1.165) is 6.07 Å². The van der Waals surface area contributed by atoms with Gasteiger partial charge in [-0.15, -0.1) is 11.6 Å². The van der Waals surface area contributed by atoms with Crippen molar-refractivity contribution in [1.82, 2.24) is 0 Å². The fourth-order valence-electron chi connectivity index (χ4n) is 1.78. The molecule has 0 aliphatic rings. The van der Waals surface area contributed by atoms with Crippen LogP contribution in [0, 0.1) is 34.9 Å².